The monoisotopic (exact) mass is 512 g/mol. The van der Waals surface area contributed by atoms with E-state index >= 15 is 0 Å². The van der Waals surface area contributed by atoms with Crippen LogP contribution in [0, 0.1) is 0 Å². The Morgan fingerprint density at radius 3 is 1.11 bits per heavy atom. The van der Waals surface area contributed by atoms with Crippen LogP contribution < -0.4 is 18.9 Å². The van der Waals surface area contributed by atoms with Crippen LogP contribution in [0.2, 0.25) is 0 Å². The third kappa shape index (κ3) is 4.92. The molecule has 0 aliphatic heterocycles. The van der Waals surface area contributed by atoms with Crippen LogP contribution in [0.15, 0.2) is 60.7 Å². The fourth-order valence-corrected chi connectivity index (χ4v) is 5.19. The van der Waals surface area contributed by atoms with Crippen LogP contribution >= 0.6 is 0 Å². The van der Waals surface area contributed by atoms with E-state index < -0.39 is 0 Å². The molecule has 0 N–H and O–H groups in total. The smallest absolute Gasteiger partial charge is 0.127 e. The van der Waals surface area contributed by atoms with Gasteiger partial charge in [-0.1, -0.05) is 65.8 Å². The van der Waals surface area contributed by atoms with Crippen LogP contribution in [0.1, 0.15) is 52.7 Å². The average molecular weight is 513 g/mol. The second kappa shape index (κ2) is 10.2. The Morgan fingerprint density at radius 2 is 0.789 bits per heavy atom. The van der Waals surface area contributed by atoms with Gasteiger partial charge < -0.3 is 18.9 Å². The molecule has 0 radical (unpaired) electrons. The van der Waals surface area contributed by atoms with E-state index in [1.54, 1.807) is 28.4 Å². The minimum atomic E-state index is -0.0999. The molecule has 0 unspecified atom stereocenters. The Labute approximate surface area is 227 Å². The summed E-state index contributed by atoms with van der Waals surface area (Å²) in [6.45, 7) is 13.2. The summed E-state index contributed by atoms with van der Waals surface area (Å²) in [5.74, 6) is 3.37. The maximum atomic E-state index is 5.98. The predicted molar refractivity (Wildman–Crippen MR) is 158 cm³/mol. The van der Waals surface area contributed by atoms with Crippen molar-refractivity contribution in [2.24, 2.45) is 0 Å². The van der Waals surface area contributed by atoms with Gasteiger partial charge in [-0.15, -0.1) is 0 Å². The molecule has 0 aliphatic carbocycles. The summed E-state index contributed by atoms with van der Waals surface area (Å²) < 4.78 is 23.4. The Morgan fingerprint density at radius 1 is 0.447 bits per heavy atom. The zero-order valence-corrected chi connectivity index (χ0v) is 24.4. The number of methoxy groups -OCH3 is 4. The third-order valence-electron chi connectivity index (χ3n) is 7.14. The molecule has 0 aliphatic rings. The van der Waals surface area contributed by atoms with Gasteiger partial charge in [0.1, 0.15) is 23.0 Å². The van der Waals surface area contributed by atoms with Gasteiger partial charge in [-0.25, -0.2) is 0 Å². The lowest BCUT2D eigenvalue weighted by molar-refractivity contribution is 0.397. The summed E-state index contributed by atoms with van der Waals surface area (Å²) in [4.78, 5) is 0. The molecule has 0 bridgehead atoms. The standard InChI is InChI=1S/C34H40O4/c1-33(2,3)24-19-22(13-15-26(24)35-7)30-28(37-9)17-11-21-12-18-29(38-10)31(32(21)30)23-14-16-27(36-8)25(20-23)34(4,5)6/h11-20H,1-10H3. The van der Waals surface area contributed by atoms with Crippen molar-refractivity contribution in [1.82, 2.24) is 0 Å². The highest BCUT2D eigenvalue weighted by Gasteiger charge is 2.25. The fraction of sp³-hybridized carbons (Fsp3) is 0.353. The normalized spacial score (nSPS) is 11.9. The van der Waals surface area contributed by atoms with Crippen molar-refractivity contribution in [3.63, 3.8) is 0 Å². The van der Waals surface area contributed by atoms with E-state index in [9.17, 15) is 0 Å². The SMILES string of the molecule is COc1ccc(-c2c(OC)ccc3ccc(OC)c(-c4ccc(OC)c(C(C)(C)C)c4)c23)cc1C(C)(C)C. The molecular formula is C34H40O4. The van der Waals surface area contributed by atoms with Crippen molar-refractivity contribution >= 4 is 10.8 Å². The predicted octanol–water partition coefficient (Wildman–Crippen LogP) is 8.80. The lowest BCUT2D eigenvalue weighted by atomic mass is 9.82. The molecule has 4 rings (SSSR count). The van der Waals surface area contributed by atoms with Crippen LogP contribution in [-0.4, -0.2) is 28.4 Å². The van der Waals surface area contributed by atoms with Gasteiger partial charge in [0.05, 0.1) is 28.4 Å². The van der Waals surface area contributed by atoms with Crippen LogP contribution in [0.3, 0.4) is 0 Å². The van der Waals surface area contributed by atoms with E-state index in [0.717, 1.165) is 67.2 Å². The summed E-state index contributed by atoms with van der Waals surface area (Å²) in [6.07, 6.45) is 0. The molecule has 4 heteroatoms. The van der Waals surface area contributed by atoms with Crippen molar-refractivity contribution in [1.29, 1.82) is 0 Å². The van der Waals surface area contributed by atoms with Crippen molar-refractivity contribution in [3.8, 4) is 45.3 Å². The van der Waals surface area contributed by atoms with Gasteiger partial charge in [-0.2, -0.15) is 0 Å². The van der Waals surface area contributed by atoms with Gasteiger partial charge in [-0.05, 0) is 63.7 Å². The van der Waals surface area contributed by atoms with Gasteiger partial charge in [0.25, 0.3) is 0 Å². The van der Waals surface area contributed by atoms with E-state index in [-0.39, 0.29) is 10.8 Å². The van der Waals surface area contributed by atoms with Crippen LogP contribution in [-0.2, 0) is 10.8 Å². The topological polar surface area (TPSA) is 36.9 Å². The molecule has 0 atom stereocenters. The first-order valence-electron chi connectivity index (χ1n) is 13.0. The quantitative estimate of drug-likeness (QED) is 0.259. The third-order valence-corrected chi connectivity index (χ3v) is 7.14. The molecule has 0 spiro atoms. The van der Waals surface area contributed by atoms with Gasteiger partial charge in [0.2, 0.25) is 0 Å². The van der Waals surface area contributed by atoms with E-state index in [2.05, 4.69) is 90.1 Å². The molecule has 0 amide bonds. The van der Waals surface area contributed by atoms with Crippen LogP contribution in [0.25, 0.3) is 33.0 Å². The maximum absolute atomic E-state index is 5.98. The van der Waals surface area contributed by atoms with E-state index in [1.165, 1.54) is 0 Å². The Bertz CT molecular complexity index is 1360. The lowest BCUT2D eigenvalue weighted by Gasteiger charge is -2.25. The molecule has 200 valence electrons. The van der Waals surface area contributed by atoms with Crippen molar-refractivity contribution in [3.05, 3.63) is 71.8 Å². The molecule has 4 nitrogen and oxygen atoms in total. The Balaban J connectivity index is 2.15. The zero-order valence-electron chi connectivity index (χ0n) is 24.4. The maximum Gasteiger partial charge on any atom is 0.127 e. The summed E-state index contributed by atoms with van der Waals surface area (Å²) in [7, 11) is 6.90. The van der Waals surface area contributed by atoms with E-state index in [0.29, 0.717) is 0 Å². The number of hydrogen-bond donors (Lipinski definition) is 0. The molecule has 4 aromatic rings. The Hall–Kier alpha value is -3.66. The number of benzene rings is 4. The second-order valence-electron chi connectivity index (χ2n) is 11.7. The first kappa shape index (κ1) is 27.4. The van der Waals surface area contributed by atoms with Gasteiger partial charge >= 0.3 is 0 Å². The van der Waals surface area contributed by atoms with Crippen LogP contribution in [0.4, 0.5) is 0 Å². The lowest BCUT2D eigenvalue weighted by Crippen LogP contribution is -2.13. The summed E-state index contributed by atoms with van der Waals surface area (Å²) in [6, 6.07) is 21.1. The summed E-state index contributed by atoms with van der Waals surface area (Å²) in [5.41, 5.74) is 6.27. The molecule has 0 saturated heterocycles. The molecule has 4 aromatic carbocycles. The van der Waals surface area contributed by atoms with Gasteiger partial charge in [-0.3, -0.25) is 0 Å². The van der Waals surface area contributed by atoms with Crippen LogP contribution in [0.5, 0.6) is 23.0 Å². The number of hydrogen-bond acceptors (Lipinski definition) is 4. The minimum absolute atomic E-state index is 0.0999. The molecule has 0 fully saturated rings. The first-order chi connectivity index (χ1) is 17.9. The number of ether oxygens (including phenoxy) is 4. The number of fused-ring (bicyclic) bond motifs is 1. The first-order valence-corrected chi connectivity index (χ1v) is 13.0. The summed E-state index contributed by atoms with van der Waals surface area (Å²) in [5, 5.41) is 2.19. The highest BCUT2D eigenvalue weighted by atomic mass is 16.5. The van der Waals surface area contributed by atoms with Gasteiger partial charge in [0, 0.05) is 27.6 Å². The van der Waals surface area contributed by atoms with Crippen molar-refractivity contribution in [2.75, 3.05) is 28.4 Å². The molecular weight excluding hydrogens is 472 g/mol. The highest BCUT2D eigenvalue weighted by Crippen LogP contribution is 2.48. The fourth-order valence-electron chi connectivity index (χ4n) is 5.19. The zero-order chi connectivity index (χ0) is 27.8. The van der Waals surface area contributed by atoms with Crippen molar-refractivity contribution < 1.29 is 18.9 Å². The largest absolute Gasteiger partial charge is 0.496 e. The Kier molecular flexibility index (Phi) is 7.38. The van der Waals surface area contributed by atoms with E-state index in [1.807, 2.05) is 12.1 Å². The highest BCUT2D eigenvalue weighted by molar-refractivity contribution is 6.10. The molecule has 0 aromatic heterocycles. The summed E-state index contributed by atoms with van der Waals surface area (Å²) >= 11 is 0. The average Bonchev–Trinajstić information content (AvgIpc) is 2.89. The molecule has 0 saturated carbocycles. The van der Waals surface area contributed by atoms with E-state index in [4.69, 9.17) is 18.9 Å². The minimum Gasteiger partial charge on any atom is -0.496 e. The van der Waals surface area contributed by atoms with Gasteiger partial charge in [0.15, 0.2) is 0 Å². The molecule has 0 heterocycles. The van der Waals surface area contributed by atoms with Crippen molar-refractivity contribution in [2.45, 2.75) is 52.4 Å². The second-order valence-corrected chi connectivity index (χ2v) is 11.7. The number of rotatable bonds is 6. The molecule has 38 heavy (non-hydrogen) atoms.